The summed E-state index contributed by atoms with van der Waals surface area (Å²) >= 11 is 0. The van der Waals surface area contributed by atoms with E-state index in [4.69, 9.17) is 10.5 Å². The third kappa shape index (κ3) is 5.02. The maximum atomic E-state index is 12.4. The Morgan fingerprint density at radius 2 is 1.89 bits per heavy atom. The molecular weight excluding hydrogens is 342 g/mol. The zero-order valence-electron chi connectivity index (χ0n) is 17.1. The Morgan fingerprint density at radius 3 is 2.52 bits per heavy atom. The lowest BCUT2D eigenvalue weighted by Gasteiger charge is -2.40. The number of anilines is 2. The summed E-state index contributed by atoms with van der Waals surface area (Å²) in [7, 11) is 0. The molecule has 1 unspecified atom stereocenters. The first-order valence-electron chi connectivity index (χ1n) is 10.1. The molecule has 1 amide bonds. The number of nitrogens with zero attached hydrogens (tertiary/aromatic N) is 4. The monoisotopic (exact) mass is 375 g/mol. The second-order valence-corrected chi connectivity index (χ2v) is 8.81. The van der Waals surface area contributed by atoms with Crippen LogP contribution in [0.4, 0.5) is 16.6 Å². The van der Waals surface area contributed by atoms with Crippen LogP contribution in [-0.2, 0) is 4.74 Å². The molecule has 2 N–H and O–H groups in total. The van der Waals surface area contributed by atoms with Gasteiger partial charge in [0.15, 0.2) is 0 Å². The largest absolute Gasteiger partial charge is 0.444 e. The lowest BCUT2D eigenvalue weighted by Crippen LogP contribution is -2.55. The third-order valence-electron chi connectivity index (χ3n) is 5.35. The zero-order valence-corrected chi connectivity index (χ0v) is 17.1. The lowest BCUT2D eigenvalue weighted by molar-refractivity contribution is 0.0158. The summed E-state index contributed by atoms with van der Waals surface area (Å²) in [6, 6.07) is 2.14. The molecule has 2 heterocycles. The molecule has 1 aliphatic carbocycles. The predicted octanol–water partition coefficient (Wildman–Crippen LogP) is 3.55. The second kappa shape index (κ2) is 7.90. The van der Waals surface area contributed by atoms with Gasteiger partial charge in [0.2, 0.25) is 5.95 Å². The number of aromatic nitrogens is 2. The smallest absolute Gasteiger partial charge is 0.410 e. The van der Waals surface area contributed by atoms with Crippen molar-refractivity contribution in [3.8, 4) is 0 Å². The molecule has 1 saturated heterocycles. The minimum Gasteiger partial charge on any atom is -0.444 e. The zero-order chi connectivity index (χ0) is 19.6. The fourth-order valence-electron chi connectivity index (χ4n) is 4.00. The van der Waals surface area contributed by atoms with Gasteiger partial charge in [-0.2, -0.15) is 4.98 Å². The molecule has 3 rings (SSSR count). The summed E-state index contributed by atoms with van der Waals surface area (Å²) < 4.78 is 5.53. The molecular formula is C20H33N5O2. The van der Waals surface area contributed by atoms with Crippen LogP contribution in [-0.4, -0.2) is 52.2 Å². The third-order valence-corrected chi connectivity index (χ3v) is 5.35. The standard InChI is InChI=1S/C20H33N5O2/c1-14-13-24(10-11-25(14)19(26)27-20(2,3)4)17-12-16(22-18(21)23-17)15-8-6-5-7-9-15/h12,14-15H,5-11,13H2,1-4H3,(H2,21,22,23). The van der Waals surface area contributed by atoms with Crippen LogP contribution in [0.2, 0.25) is 0 Å². The Labute approximate surface area is 162 Å². The molecule has 1 saturated carbocycles. The molecule has 1 aromatic rings. The number of rotatable bonds is 2. The van der Waals surface area contributed by atoms with Crippen molar-refractivity contribution in [2.45, 2.75) is 77.4 Å². The maximum absolute atomic E-state index is 12.4. The second-order valence-electron chi connectivity index (χ2n) is 8.81. The number of carbonyl (C=O) groups is 1. The Balaban J connectivity index is 1.69. The average molecular weight is 376 g/mol. The Bertz CT molecular complexity index is 667. The highest BCUT2D eigenvalue weighted by atomic mass is 16.6. The molecule has 1 atom stereocenters. The molecule has 1 aliphatic heterocycles. The fourth-order valence-corrected chi connectivity index (χ4v) is 4.00. The van der Waals surface area contributed by atoms with Crippen LogP contribution in [0.25, 0.3) is 0 Å². The quantitative estimate of drug-likeness (QED) is 0.851. The fraction of sp³-hybridized carbons (Fsp3) is 0.750. The van der Waals surface area contributed by atoms with Gasteiger partial charge >= 0.3 is 6.09 Å². The van der Waals surface area contributed by atoms with Crippen molar-refractivity contribution in [3.63, 3.8) is 0 Å². The molecule has 1 aromatic heterocycles. The molecule has 2 fully saturated rings. The summed E-state index contributed by atoms with van der Waals surface area (Å²) in [5.74, 6) is 1.71. The Morgan fingerprint density at radius 1 is 1.19 bits per heavy atom. The van der Waals surface area contributed by atoms with Gasteiger partial charge in [-0.3, -0.25) is 0 Å². The molecule has 0 radical (unpaired) electrons. The van der Waals surface area contributed by atoms with Crippen molar-refractivity contribution >= 4 is 17.9 Å². The van der Waals surface area contributed by atoms with E-state index in [9.17, 15) is 4.79 Å². The summed E-state index contributed by atoms with van der Waals surface area (Å²) in [6.07, 6.45) is 5.94. The van der Waals surface area contributed by atoms with Gasteiger partial charge in [0.05, 0.1) is 5.69 Å². The van der Waals surface area contributed by atoms with Gasteiger partial charge in [-0.05, 0) is 40.5 Å². The number of hydrogen-bond donors (Lipinski definition) is 1. The molecule has 7 heteroatoms. The van der Waals surface area contributed by atoms with E-state index >= 15 is 0 Å². The molecule has 2 aliphatic rings. The van der Waals surface area contributed by atoms with Crippen molar-refractivity contribution in [2.75, 3.05) is 30.3 Å². The highest BCUT2D eigenvalue weighted by Crippen LogP contribution is 2.33. The van der Waals surface area contributed by atoms with E-state index < -0.39 is 5.60 Å². The van der Waals surface area contributed by atoms with Crippen molar-refractivity contribution < 1.29 is 9.53 Å². The van der Waals surface area contributed by atoms with Crippen LogP contribution < -0.4 is 10.6 Å². The number of ether oxygens (including phenoxy) is 1. The van der Waals surface area contributed by atoms with Crippen molar-refractivity contribution in [1.82, 2.24) is 14.9 Å². The van der Waals surface area contributed by atoms with E-state index in [1.54, 1.807) is 4.90 Å². The van der Waals surface area contributed by atoms with Crippen LogP contribution >= 0.6 is 0 Å². The van der Waals surface area contributed by atoms with Crippen LogP contribution in [0.5, 0.6) is 0 Å². The summed E-state index contributed by atoms with van der Waals surface area (Å²) in [6.45, 7) is 9.75. The summed E-state index contributed by atoms with van der Waals surface area (Å²) in [5, 5.41) is 0. The summed E-state index contributed by atoms with van der Waals surface area (Å²) in [5.41, 5.74) is 6.61. The topological polar surface area (TPSA) is 84.6 Å². The number of piperazine rings is 1. The van der Waals surface area contributed by atoms with Crippen LogP contribution in [0, 0.1) is 0 Å². The van der Waals surface area contributed by atoms with E-state index in [0.717, 1.165) is 11.5 Å². The maximum Gasteiger partial charge on any atom is 0.410 e. The minimum absolute atomic E-state index is 0.0444. The van der Waals surface area contributed by atoms with Gasteiger partial charge in [0, 0.05) is 37.7 Å². The van der Waals surface area contributed by atoms with Crippen molar-refractivity contribution in [3.05, 3.63) is 11.8 Å². The molecule has 7 nitrogen and oxygen atoms in total. The van der Waals surface area contributed by atoms with E-state index in [-0.39, 0.29) is 12.1 Å². The van der Waals surface area contributed by atoms with E-state index in [1.165, 1.54) is 32.1 Å². The van der Waals surface area contributed by atoms with Crippen molar-refractivity contribution in [1.29, 1.82) is 0 Å². The van der Waals surface area contributed by atoms with Crippen molar-refractivity contribution in [2.24, 2.45) is 0 Å². The number of carbonyl (C=O) groups excluding carboxylic acids is 1. The molecule has 0 spiro atoms. The number of nitrogens with two attached hydrogens (primary N) is 1. The first-order chi connectivity index (χ1) is 12.7. The highest BCUT2D eigenvalue weighted by molar-refractivity contribution is 5.69. The first kappa shape index (κ1) is 19.7. The highest BCUT2D eigenvalue weighted by Gasteiger charge is 2.31. The van der Waals surface area contributed by atoms with E-state index in [2.05, 4.69) is 20.9 Å². The number of amides is 1. The minimum atomic E-state index is -0.482. The Kier molecular flexibility index (Phi) is 5.77. The summed E-state index contributed by atoms with van der Waals surface area (Å²) in [4.78, 5) is 25.4. The van der Waals surface area contributed by atoms with E-state index in [1.807, 2.05) is 27.7 Å². The van der Waals surface area contributed by atoms with Gasteiger partial charge < -0.3 is 20.3 Å². The normalized spacial score (nSPS) is 22.0. The predicted molar refractivity (Wildman–Crippen MR) is 107 cm³/mol. The van der Waals surface area contributed by atoms with E-state index in [0.29, 0.717) is 31.5 Å². The van der Waals surface area contributed by atoms with Crippen LogP contribution in [0.3, 0.4) is 0 Å². The molecule has 27 heavy (non-hydrogen) atoms. The van der Waals surface area contributed by atoms with Gasteiger partial charge in [0.25, 0.3) is 0 Å². The molecule has 0 aromatic carbocycles. The van der Waals surface area contributed by atoms with Gasteiger partial charge in [-0.25, -0.2) is 9.78 Å². The average Bonchev–Trinajstić information content (AvgIpc) is 2.60. The first-order valence-corrected chi connectivity index (χ1v) is 10.1. The van der Waals surface area contributed by atoms with Gasteiger partial charge in [-0.15, -0.1) is 0 Å². The van der Waals surface area contributed by atoms with Gasteiger partial charge in [0.1, 0.15) is 11.4 Å². The number of hydrogen-bond acceptors (Lipinski definition) is 6. The molecule has 150 valence electrons. The Hall–Kier alpha value is -2.05. The van der Waals surface area contributed by atoms with Gasteiger partial charge in [-0.1, -0.05) is 19.3 Å². The molecule has 0 bridgehead atoms. The van der Waals surface area contributed by atoms with Crippen LogP contribution in [0.15, 0.2) is 6.07 Å². The van der Waals surface area contributed by atoms with Crippen LogP contribution in [0.1, 0.15) is 71.4 Å². The SMILES string of the molecule is CC1CN(c2cc(C3CCCCC3)nc(N)n2)CCN1C(=O)OC(C)(C)C. The lowest BCUT2D eigenvalue weighted by atomic mass is 9.87. The number of nitrogen functional groups attached to an aromatic ring is 1.